The zero-order chi connectivity index (χ0) is 23.5. The number of nitrogens with one attached hydrogen (secondary N) is 1. The van der Waals surface area contributed by atoms with E-state index in [1.807, 2.05) is 12.1 Å². The second-order valence-electron chi connectivity index (χ2n) is 8.96. The Morgan fingerprint density at radius 3 is 2.88 bits per heavy atom. The minimum absolute atomic E-state index is 0. The number of hydrogen-bond acceptors (Lipinski definition) is 7. The number of carbonyl (C=O) groups excluding carboxylic acids is 2. The molecule has 1 saturated heterocycles. The summed E-state index contributed by atoms with van der Waals surface area (Å²) in [5, 5.41) is 12.1. The van der Waals surface area contributed by atoms with Crippen LogP contribution in [0.25, 0.3) is 0 Å². The summed E-state index contributed by atoms with van der Waals surface area (Å²) in [6, 6.07) is 11.7. The standard InChI is InChI=1S/C25H27N5O4.H2/c26-14-19-5-3-4-18-12-17(13-20(18)19)15-29-8-1-2-9-30(25(32)33-11-10-29)22-7-6-21-24(27-22)28-23(31)16-34-21;/h3-7,17H,1-2,8-13,15-16H2,(H,27,28,31);1H. The summed E-state index contributed by atoms with van der Waals surface area (Å²) < 4.78 is 10.9. The van der Waals surface area contributed by atoms with Gasteiger partial charge in [-0.05, 0) is 67.5 Å². The third-order valence-corrected chi connectivity index (χ3v) is 6.61. The van der Waals surface area contributed by atoms with E-state index >= 15 is 0 Å². The molecule has 2 aromatic rings. The fraction of sp³-hybridized carbons (Fsp3) is 0.440. The lowest BCUT2D eigenvalue weighted by Gasteiger charge is -2.29. The van der Waals surface area contributed by atoms with Gasteiger partial charge in [0.05, 0.1) is 11.6 Å². The molecule has 1 atom stereocenters. The molecule has 0 bridgehead atoms. The summed E-state index contributed by atoms with van der Waals surface area (Å²) in [6.45, 7) is 3.25. The average molecular weight is 464 g/mol. The second-order valence-corrected chi connectivity index (χ2v) is 8.96. The third kappa shape index (κ3) is 4.68. The van der Waals surface area contributed by atoms with Crippen LogP contribution in [0.15, 0.2) is 30.3 Å². The lowest BCUT2D eigenvalue weighted by atomic mass is 10.0. The van der Waals surface area contributed by atoms with Crippen molar-refractivity contribution in [3.63, 3.8) is 0 Å². The second kappa shape index (κ2) is 9.69. The molecule has 0 radical (unpaired) electrons. The summed E-state index contributed by atoms with van der Waals surface area (Å²) in [4.78, 5) is 32.8. The first-order chi connectivity index (χ1) is 16.6. The van der Waals surface area contributed by atoms with Crippen molar-refractivity contribution in [2.45, 2.75) is 25.7 Å². The maximum absolute atomic E-state index is 12.8. The zero-order valence-electron chi connectivity index (χ0n) is 19.0. The van der Waals surface area contributed by atoms with Crippen molar-refractivity contribution in [2.24, 2.45) is 5.92 Å². The summed E-state index contributed by atoms with van der Waals surface area (Å²) in [5.41, 5.74) is 3.26. The highest BCUT2D eigenvalue weighted by Crippen LogP contribution is 2.31. The van der Waals surface area contributed by atoms with Gasteiger partial charge in [-0.2, -0.15) is 5.26 Å². The van der Waals surface area contributed by atoms with Crippen molar-refractivity contribution < 1.29 is 20.5 Å². The first kappa shape index (κ1) is 22.2. The van der Waals surface area contributed by atoms with E-state index in [0.717, 1.165) is 44.3 Å². The topological polar surface area (TPSA) is 108 Å². The van der Waals surface area contributed by atoms with Crippen LogP contribution in [0.2, 0.25) is 0 Å². The molecule has 5 rings (SSSR count). The number of fused-ring (bicyclic) bond motifs is 2. The Morgan fingerprint density at radius 1 is 1.12 bits per heavy atom. The largest absolute Gasteiger partial charge is 0.480 e. The monoisotopic (exact) mass is 463 g/mol. The highest BCUT2D eigenvalue weighted by molar-refractivity contribution is 5.95. The highest BCUT2D eigenvalue weighted by Gasteiger charge is 2.27. The van der Waals surface area contributed by atoms with Crippen LogP contribution < -0.4 is 15.0 Å². The lowest BCUT2D eigenvalue weighted by Crippen LogP contribution is -2.39. The minimum atomic E-state index is -0.440. The van der Waals surface area contributed by atoms with Crippen LogP contribution in [0.4, 0.5) is 16.4 Å². The van der Waals surface area contributed by atoms with E-state index in [2.05, 4.69) is 27.3 Å². The maximum Gasteiger partial charge on any atom is 0.415 e. The van der Waals surface area contributed by atoms with Crippen molar-refractivity contribution in [2.75, 3.05) is 49.6 Å². The van der Waals surface area contributed by atoms with Crippen LogP contribution in [-0.4, -0.2) is 61.3 Å². The van der Waals surface area contributed by atoms with Gasteiger partial charge in [0.25, 0.3) is 5.91 Å². The van der Waals surface area contributed by atoms with Gasteiger partial charge in [-0.1, -0.05) is 12.1 Å². The normalized spacial score (nSPS) is 20.9. The molecule has 0 spiro atoms. The Bertz CT molecular complexity index is 1150. The Hall–Kier alpha value is -3.64. The minimum Gasteiger partial charge on any atom is -0.480 e. The summed E-state index contributed by atoms with van der Waals surface area (Å²) in [7, 11) is 0. The van der Waals surface area contributed by atoms with Crippen LogP contribution >= 0.6 is 0 Å². The molecular weight excluding hydrogens is 434 g/mol. The predicted molar refractivity (Wildman–Crippen MR) is 127 cm³/mol. The van der Waals surface area contributed by atoms with Gasteiger partial charge in [-0.25, -0.2) is 9.78 Å². The molecular formula is C25H29N5O4. The molecule has 3 heterocycles. The number of ether oxygens (including phenoxy) is 2. The van der Waals surface area contributed by atoms with Crippen LogP contribution in [-0.2, 0) is 22.4 Å². The molecule has 178 valence electrons. The number of cyclic esters (lactones) is 1. The molecule has 0 saturated carbocycles. The first-order valence-corrected chi connectivity index (χ1v) is 11.7. The number of anilines is 2. The molecule has 34 heavy (non-hydrogen) atoms. The van der Waals surface area contributed by atoms with Crippen LogP contribution in [0.5, 0.6) is 5.75 Å². The number of nitriles is 1. The fourth-order valence-corrected chi connectivity index (χ4v) is 4.98. The van der Waals surface area contributed by atoms with Crippen molar-refractivity contribution in [1.82, 2.24) is 9.88 Å². The van der Waals surface area contributed by atoms with Gasteiger partial charge in [0.2, 0.25) is 0 Å². The van der Waals surface area contributed by atoms with Gasteiger partial charge >= 0.3 is 6.09 Å². The van der Waals surface area contributed by atoms with Gasteiger partial charge in [0.1, 0.15) is 12.4 Å². The molecule has 2 amide bonds. The lowest BCUT2D eigenvalue weighted by molar-refractivity contribution is -0.118. The van der Waals surface area contributed by atoms with E-state index in [-0.39, 0.29) is 13.9 Å². The van der Waals surface area contributed by atoms with E-state index < -0.39 is 6.09 Å². The van der Waals surface area contributed by atoms with Crippen molar-refractivity contribution in [3.05, 3.63) is 47.0 Å². The molecule has 1 unspecified atom stereocenters. The number of hydrogen-bond donors (Lipinski definition) is 1. The van der Waals surface area contributed by atoms with Crippen molar-refractivity contribution in [1.29, 1.82) is 5.26 Å². The van der Waals surface area contributed by atoms with Gasteiger partial charge in [0.15, 0.2) is 18.2 Å². The Kier molecular flexibility index (Phi) is 6.32. The first-order valence-electron chi connectivity index (χ1n) is 11.7. The van der Waals surface area contributed by atoms with Crippen LogP contribution in [0.3, 0.4) is 0 Å². The molecule has 1 aromatic heterocycles. The number of benzene rings is 1. The fourth-order valence-electron chi connectivity index (χ4n) is 4.98. The van der Waals surface area contributed by atoms with Crippen molar-refractivity contribution in [3.8, 4) is 11.8 Å². The molecule has 9 heteroatoms. The van der Waals surface area contributed by atoms with E-state index in [4.69, 9.17) is 9.47 Å². The molecule has 1 fully saturated rings. The quantitative estimate of drug-likeness (QED) is 0.746. The molecule has 1 N–H and O–H groups in total. The van der Waals surface area contributed by atoms with Gasteiger partial charge < -0.3 is 14.8 Å². The highest BCUT2D eigenvalue weighted by atomic mass is 16.6. The van der Waals surface area contributed by atoms with Gasteiger partial charge in [0, 0.05) is 21.1 Å². The Labute approximate surface area is 199 Å². The zero-order valence-corrected chi connectivity index (χ0v) is 19.0. The number of carbonyl (C=O) groups is 2. The van der Waals surface area contributed by atoms with Gasteiger partial charge in [-0.3, -0.25) is 14.6 Å². The summed E-state index contributed by atoms with van der Waals surface area (Å²) >= 11 is 0. The van der Waals surface area contributed by atoms with E-state index in [9.17, 15) is 14.9 Å². The number of amides is 2. The summed E-state index contributed by atoms with van der Waals surface area (Å²) in [5.74, 6) is 1.45. The third-order valence-electron chi connectivity index (χ3n) is 6.61. The van der Waals surface area contributed by atoms with Crippen LogP contribution in [0.1, 0.15) is 31.0 Å². The average Bonchev–Trinajstić information content (AvgIpc) is 3.25. The smallest absolute Gasteiger partial charge is 0.415 e. The van der Waals surface area contributed by atoms with E-state index in [0.29, 0.717) is 43.0 Å². The van der Waals surface area contributed by atoms with E-state index in [1.165, 1.54) is 16.0 Å². The summed E-state index contributed by atoms with van der Waals surface area (Å²) in [6.07, 6.45) is 3.21. The molecule has 1 aliphatic carbocycles. The number of aromatic nitrogens is 1. The van der Waals surface area contributed by atoms with Gasteiger partial charge in [-0.15, -0.1) is 0 Å². The van der Waals surface area contributed by atoms with Crippen LogP contribution in [0, 0.1) is 17.2 Å². The molecule has 3 aliphatic rings. The number of rotatable bonds is 3. The SMILES string of the molecule is N#Cc1cccc2c1CC(CN1CCCCN(c3ccc4c(n3)NC(=O)CO4)C(=O)OCC1)C2.[HH]. The molecule has 9 nitrogen and oxygen atoms in total. The Balaban J connectivity index is 0.00000289. The number of nitrogens with zero attached hydrogens (tertiary/aromatic N) is 4. The predicted octanol–water partition coefficient (Wildman–Crippen LogP) is 2.98. The van der Waals surface area contributed by atoms with Crippen molar-refractivity contribution >= 4 is 23.6 Å². The number of pyridine rings is 1. The molecule has 1 aromatic carbocycles. The molecule has 2 aliphatic heterocycles. The Morgan fingerprint density at radius 2 is 2.00 bits per heavy atom. The van der Waals surface area contributed by atoms with E-state index in [1.54, 1.807) is 12.1 Å². The maximum atomic E-state index is 12.8.